The van der Waals surface area contributed by atoms with Gasteiger partial charge < -0.3 is 0 Å². The first-order valence-electron chi connectivity index (χ1n) is 6.56. The van der Waals surface area contributed by atoms with Crippen LogP contribution in [-0.2, 0) is 14.8 Å². The SMILES string of the molecule is Cc1ccc(C2CC2C(=O)NS(=O)(=O)c2ccc(C)s2)s1. The molecule has 2 aromatic rings. The lowest BCUT2D eigenvalue weighted by Gasteiger charge is -2.04. The number of sulfonamides is 1. The van der Waals surface area contributed by atoms with Crippen LogP contribution in [0.15, 0.2) is 28.5 Å². The summed E-state index contributed by atoms with van der Waals surface area (Å²) in [6.45, 7) is 3.86. The van der Waals surface area contributed by atoms with Crippen LogP contribution < -0.4 is 4.72 Å². The third kappa shape index (κ3) is 3.04. The number of thiophene rings is 2. The summed E-state index contributed by atoms with van der Waals surface area (Å²) in [6, 6.07) is 7.31. The van der Waals surface area contributed by atoms with Crippen molar-refractivity contribution in [3.8, 4) is 0 Å². The third-order valence-corrected chi connectivity index (χ3v) is 7.44. The average molecular weight is 341 g/mol. The largest absolute Gasteiger partial charge is 0.274 e. The number of hydrogen-bond donors (Lipinski definition) is 1. The van der Waals surface area contributed by atoms with Crippen molar-refractivity contribution in [2.24, 2.45) is 5.92 Å². The van der Waals surface area contributed by atoms with Crippen LogP contribution in [0.25, 0.3) is 0 Å². The van der Waals surface area contributed by atoms with Crippen LogP contribution in [0.5, 0.6) is 0 Å². The monoisotopic (exact) mass is 341 g/mol. The Morgan fingerprint density at radius 1 is 1.14 bits per heavy atom. The number of carbonyl (C=O) groups is 1. The highest BCUT2D eigenvalue weighted by molar-refractivity contribution is 7.92. The van der Waals surface area contributed by atoms with E-state index in [-0.39, 0.29) is 16.0 Å². The number of rotatable bonds is 4. The number of hydrogen-bond acceptors (Lipinski definition) is 5. The molecule has 2 heterocycles. The fourth-order valence-corrected chi connectivity index (χ4v) is 5.63. The first kappa shape index (κ1) is 14.7. The maximum atomic E-state index is 12.1. The summed E-state index contributed by atoms with van der Waals surface area (Å²) >= 11 is 2.84. The van der Waals surface area contributed by atoms with Crippen molar-refractivity contribution in [1.29, 1.82) is 0 Å². The van der Waals surface area contributed by atoms with Gasteiger partial charge in [-0.15, -0.1) is 22.7 Å². The molecule has 1 saturated carbocycles. The first-order chi connectivity index (χ1) is 9.87. The highest BCUT2D eigenvalue weighted by Gasteiger charge is 2.46. The molecule has 0 saturated heterocycles. The van der Waals surface area contributed by atoms with E-state index in [9.17, 15) is 13.2 Å². The van der Waals surface area contributed by atoms with Crippen LogP contribution in [-0.4, -0.2) is 14.3 Å². The van der Waals surface area contributed by atoms with Gasteiger partial charge in [-0.05, 0) is 44.5 Å². The Balaban J connectivity index is 1.68. The molecule has 0 radical (unpaired) electrons. The Kier molecular flexibility index (Phi) is 3.67. The molecule has 7 heteroatoms. The summed E-state index contributed by atoms with van der Waals surface area (Å²) in [5.41, 5.74) is 0. The lowest BCUT2D eigenvalue weighted by Crippen LogP contribution is -2.31. The van der Waals surface area contributed by atoms with E-state index in [4.69, 9.17) is 0 Å². The molecule has 2 unspecified atom stereocenters. The zero-order chi connectivity index (χ0) is 15.2. The zero-order valence-corrected chi connectivity index (χ0v) is 14.1. The standard InChI is InChI=1S/C14H15NO3S3/c1-8-3-5-12(19-8)10-7-11(10)14(16)15-21(17,18)13-6-4-9(2)20-13/h3-6,10-11H,7H2,1-2H3,(H,15,16). The molecular weight excluding hydrogens is 326 g/mol. The normalized spacial score (nSPS) is 21.2. The van der Waals surface area contributed by atoms with E-state index in [1.54, 1.807) is 17.4 Å². The van der Waals surface area contributed by atoms with Gasteiger partial charge in [-0.3, -0.25) is 4.79 Å². The molecule has 0 aromatic carbocycles. The molecular formula is C14H15NO3S3. The Labute approximate surface area is 131 Å². The number of aryl methyl sites for hydroxylation is 2. The molecule has 1 amide bonds. The first-order valence-corrected chi connectivity index (χ1v) is 9.68. The molecule has 1 aliphatic rings. The molecule has 1 fully saturated rings. The minimum atomic E-state index is -3.72. The van der Waals surface area contributed by atoms with Gasteiger partial charge >= 0.3 is 0 Å². The maximum absolute atomic E-state index is 12.1. The summed E-state index contributed by atoms with van der Waals surface area (Å²) < 4.78 is 26.6. The van der Waals surface area contributed by atoms with Gasteiger partial charge in [0.25, 0.3) is 10.0 Å². The quantitative estimate of drug-likeness (QED) is 0.930. The molecule has 4 nitrogen and oxygen atoms in total. The molecule has 112 valence electrons. The van der Waals surface area contributed by atoms with Gasteiger partial charge in [0, 0.05) is 26.5 Å². The van der Waals surface area contributed by atoms with Crippen molar-refractivity contribution in [2.45, 2.75) is 30.4 Å². The molecule has 2 aromatic heterocycles. The lowest BCUT2D eigenvalue weighted by atomic mass is 10.2. The predicted molar refractivity (Wildman–Crippen MR) is 84.3 cm³/mol. The van der Waals surface area contributed by atoms with E-state index in [1.165, 1.54) is 22.3 Å². The molecule has 0 aliphatic heterocycles. The van der Waals surface area contributed by atoms with Crippen molar-refractivity contribution in [2.75, 3.05) is 0 Å². The highest BCUT2D eigenvalue weighted by Crippen LogP contribution is 2.49. The predicted octanol–water partition coefficient (Wildman–Crippen LogP) is 3.04. The van der Waals surface area contributed by atoms with E-state index in [0.29, 0.717) is 0 Å². The van der Waals surface area contributed by atoms with Crippen molar-refractivity contribution in [1.82, 2.24) is 4.72 Å². The molecule has 2 atom stereocenters. The van der Waals surface area contributed by atoms with E-state index in [0.717, 1.165) is 16.2 Å². The van der Waals surface area contributed by atoms with Crippen LogP contribution in [0.2, 0.25) is 0 Å². The summed E-state index contributed by atoms with van der Waals surface area (Å²) in [5.74, 6) is -0.444. The Hall–Kier alpha value is -1.18. The minimum Gasteiger partial charge on any atom is -0.274 e. The van der Waals surface area contributed by atoms with E-state index in [1.807, 2.05) is 26.0 Å². The van der Waals surface area contributed by atoms with E-state index < -0.39 is 15.9 Å². The maximum Gasteiger partial charge on any atom is 0.273 e. The Morgan fingerprint density at radius 2 is 1.81 bits per heavy atom. The van der Waals surface area contributed by atoms with Gasteiger partial charge in [0.1, 0.15) is 4.21 Å². The smallest absolute Gasteiger partial charge is 0.273 e. The number of amides is 1. The second-order valence-electron chi connectivity index (χ2n) is 5.23. The third-order valence-electron chi connectivity index (χ3n) is 3.47. The number of carbonyl (C=O) groups excluding carboxylic acids is 1. The van der Waals surface area contributed by atoms with E-state index >= 15 is 0 Å². The van der Waals surface area contributed by atoms with Gasteiger partial charge in [-0.1, -0.05) is 0 Å². The average Bonchev–Trinajstić information content (AvgIpc) is 2.89. The Morgan fingerprint density at radius 3 is 2.38 bits per heavy atom. The van der Waals surface area contributed by atoms with Gasteiger partial charge in [0.2, 0.25) is 5.91 Å². The fraction of sp³-hybridized carbons (Fsp3) is 0.357. The minimum absolute atomic E-state index is 0.170. The van der Waals surface area contributed by atoms with Crippen LogP contribution in [0.3, 0.4) is 0 Å². The summed E-state index contributed by atoms with van der Waals surface area (Å²) in [7, 11) is -3.72. The molecule has 0 bridgehead atoms. The van der Waals surface area contributed by atoms with Crippen molar-refractivity contribution >= 4 is 38.6 Å². The van der Waals surface area contributed by atoms with Crippen LogP contribution in [0, 0.1) is 19.8 Å². The van der Waals surface area contributed by atoms with Crippen LogP contribution in [0.4, 0.5) is 0 Å². The van der Waals surface area contributed by atoms with Crippen molar-refractivity contribution in [3.05, 3.63) is 38.9 Å². The summed E-state index contributed by atoms with van der Waals surface area (Å²) in [6.07, 6.45) is 0.727. The second kappa shape index (κ2) is 5.23. The highest BCUT2D eigenvalue weighted by atomic mass is 32.2. The Bertz CT molecular complexity index is 788. The van der Waals surface area contributed by atoms with Gasteiger partial charge in [0.15, 0.2) is 0 Å². The van der Waals surface area contributed by atoms with Gasteiger partial charge in [0.05, 0.1) is 0 Å². The number of nitrogens with one attached hydrogen (secondary N) is 1. The summed E-state index contributed by atoms with van der Waals surface area (Å²) in [4.78, 5) is 15.4. The topological polar surface area (TPSA) is 63.2 Å². The molecule has 1 aliphatic carbocycles. The zero-order valence-electron chi connectivity index (χ0n) is 11.6. The van der Waals surface area contributed by atoms with Crippen LogP contribution in [0.1, 0.15) is 27.0 Å². The van der Waals surface area contributed by atoms with Crippen LogP contribution >= 0.6 is 22.7 Å². The van der Waals surface area contributed by atoms with Crippen molar-refractivity contribution in [3.63, 3.8) is 0 Å². The van der Waals surface area contributed by atoms with E-state index in [2.05, 4.69) is 4.72 Å². The fourth-order valence-electron chi connectivity index (χ4n) is 2.27. The molecule has 3 rings (SSSR count). The van der Waals surface area contributed by atoms with Gasteiger partial charge in [-0.25, -0.2) is 13.1 Å². The second-order valence-corrected chi connectivity index (χ2v) is 9.75. The lowest BCUT2D eigenvalue weighted by molar-refractivity contribution is -0.120. The van der Waals surface area contributed by atoms with Gasteiger partial charge in [-0.2, -0.15) is 0 Å². The molecule has 1 N–H and O–H groups in total. The molecule has 21 heavy (non-hydrogen) atoms. The van der Waals surface area contributed by atoms with Crippen molar-refractivity contribution < 1.29 is 13.2 Å². The molecule has 0 spiro atoms. The summed E-state index contributed by atoms with van der Waals surface area (Å²) in [5, 5.41) is 0.